The lowest BCUT2D eigenvalue weighted by atomic mass is 9.84. The first-order valence-corrected chi connectivity index (χ1v) is 8.89. The van der Waals surface area contributed by atoms with Gasteiger partial charge in [0.2, 0.25) is 0 Å². The van der Waals surface area contributed by atoms with Gasteiger partial charge in [-0.15, -0.1) is 0 Å². The predicted octanol–water partition coefficient (Wildman–Crippen LogP) is 4.20. The van der Waals surface area contributed by atoms with Crippen LogP contribution >= 0.6 is 11.6 Å². The maximum Gasteiger partial charge on any atom is 0.136 e. The molecule has 0 aliphatic heterocycles. The van der Waals surface area contributed by atoms with Gasteiger partial charge in [0.25, 0.3) is 0 Å². The van der Waals surface area contributed by atoms with Crippen molar-refractivity contribution in [3.63, 3.8) is 0 Å². The summed E-state index contributed by atoms with van der Waals surface area (Å²) in [5.41, 5.74) is 2.18. The Balaban J connectivity index is 1.84. The monoisotopic (exact) mass is 354 g/mol. The van der Waals surface area contributed by atoms with E-state index >= 15 is 0 Å². The van der Waals surface area contributed by atoms with E-state index in [0.29, 0.717) is 16.5 Å². The number of pyridine rings is 1. The molecule has 0 bridgehead atoms. The van der Waals surface area contributed by atoms with Crippen LogP contribution in [-0.2, 0) is 0 Å². The van der Waals surface area contributed by atoms with Crippen molar-refractivity contribution in [1.82, 2.24) is 9.97 Å². The summed E-state index contributed by atoms with van der Waals surface area (Å²) < 4.78 is 0. The van der Waals surface area contributed by atoms with Gasteiger partial charge in [-0.25, -0.2) is 4.98 Å². The number of nitrogens with one attached hydrogen (secondary N) is 2. The SMILES string of the molecule is C[C@@H]1C[C@H](O)CCC1Nc1ncc(C#N)c2[nH]c3cc(Cl)ccc3c12. The summed E-state index contributed by atoms with van der Waals surface area (Å²) in [5.74, 6) is 1.13. The Bertz CT molecular complexity index is 990. The van der Waals surface area contributed by atoms with E-state index in [4.69, 9.17) is 11.6 Å². The van der Waals surface area contributed by atoms with Crippen molar-refractivity contribution >= 4 is 39.2 Å². The molecule has 3 N–H and O–H groups in total. The maximum absolute atomic E-state index is 9.84. The zero-order valence-electron chi connectivity index (χ0n) is 13.9. The number of aliphatic hydroxyl groups excluding tert-OH is 1. The van der Waals surface area contributed by atoms with E-state index in [1.54, 1.807) is 6.20 Å². The normalized spacial score (nSPS) is 23.7. The van der Waals surface area contributed by atoms with E-state index in [1.807, 2.05) is 18.2 Å². The van der Waals surface area contributed by atoms with Crippen LogP contribution in [0.25, 0.3) is 21.8 Å². The number of H-pyrrole nitrogens is 1. The summed E-state index contributed by atoms with van der Waals surface area (Å²) in [6.07, 6.45) is 3.88. The molecule has 1 saturated carbocycles. The predicted molar refractivity (Wildman–Crippen MR) is 99.8 cm³/mol. The van der Waals surface area contributed by atoms with Crippen molar-refractivity contribution in [2.24, 2.45) is 5.92 Å². The Labute approximate surface area is 150 Å². The van der Waals surface area contributed by atoms with Gasteiger partial charge in [-0.1, -0.05) is 24.6 Å². The van der Waals surface area contributed by atoms with Gasteiger partial charge in [0, 0.05) is 28.2 Å². The highest BCUT2D eigenvalue weighted by atomic mass is 35.5. The van der Waals surface area contributed by atoms with E-state index in [9.17, 15) is 10.4 Å². The van der Waals surface area contributed by atoms with E-state index in [2.05, 4.69) is 28.3 Å². The topological polar surface area (TPSA) is 84.7 Å². The number of fused-ring (bicyclic) bond motifs is 3. The lowest BCUT2D eigenvalue weighted by Gasteiger charge is -2.32. The molecule has 4 rings (SSSR count). The molecule has 2 heterocycles. The smallest absolute Gasteiger partial charge is 0.136 e. The van der Waals surface area contributed by atoms with Gasteiger partial charge < -0.3 is 15.4 Å². The van der Waals surface area contributed by atoms with Crippen molar-refractivity contribution < 1.29 is 5.11 Å². The second-order valence-electron chi connectivity index (χ2n) is 6.89. The zero-order chi connectivity index (χ0) is 17.6. The molecule has 25 heavy (non-hydrogen) atoms. The third-order valence-electron chi connectivity index (χ3n) is 5.17. The molecule has 0 radical (unpaired) electrons. The van der Waals surface area contributed by atoms with Crippen LogP contribution in [0.2, 0.25) is 5.02 Å². The van der Waals surface area contributed by atoms with Gasteiger partial charge in [-0.05, 0) is 37.3 Å². The molecule has 1 aliphatic carbocycles. The number of halogens is 1. The first-order chi connectivity index (χ1) is 12.1. The van der Waals surface area contributed by atoms with Gasteiger partial charge in [0.15, 0.2) is 0 Å². The highest BCUT2D eigenvalue weighted by Crippen LogP contribution is 2.35. The molecule has 1 aliphatic rings. The van der Waals surface area contributed by atoms with Crippen LogP contribution in [0.15, 0.2) is 24.4 Å². The lowest BCUT2D eigenvalue weighted by molar-refractivity contribution is 0.0999. The molecule has 1 aromatic carbocycles. The first-order valence-electron chi connectivity index (χ1n) is 8.51. The fourth-order valence-corrected chi connectivity index (χ4v) is 4.00. The maximum atomic E-state index is 9.84. The van der Waals surface area contributed by atoms with Gasteiger partial charge in [0.05, 0.1) is 22.6 Å². The zero-order valence-corrected chi connectivity index (χ0v) is 14.6. The minimum atomic E-state index is -0.211. The van der Waals surface area contributed by atoms with Crippen molar-refractivity contribution in [3.8, 4) is 6.07 Å². The number of aromatic nitrogens is 2. The summed E-state index contributed by atoms with van der Waals surface area (Å²) >= 11 is 6.11. The second-order valence-corrected chi connectivity index (χ2v) is 7.33. The summed E-state index contributed by atoms with van der Waals surface area (Å²) in [6, 6.07) is 8.12. The van der Waals surface area contributed by atoms with Crippen LogP contribution in [0, 0.1) is 17.2 Å². The Morgan fingerprint density at radius 1 is 1.40 bits per heavy atom. The van der Waals surface area contributed by atoms with Crippen LogP contribution in [0.3, 0.4) is 0 Å². The summed E-state index contributed by atoms with van der Waals surface area (Å²) in [5, 5.41) is 25.4. The van der Waals surface area contributed by atoms with E-state index < -0.39 is 0 Å². The number of anilines is 1. The number of hydrogen-bond donors (Lipinski definition) is 3. The number of aliphatic hydroxyl groups is 1. The number of aromatic amines is 1. The number of benzene rings is 1. The summed E-state index contributed by atoms with van der Waals surface area (Å²) in [7, 11) is 0. The first kappa shape index (κ1) is 16.2. The quantitative estimate of drug-likeness (QED) is 0.643. The van der Waals surface area contributed by atoms with Crippen LogP contribution in [0.4, 0.5) is 5.82 Å². The molecule has 2 aromatic heterocycles. The number of nitriles is 1. The number of hydrogen-bond acceptors (Lipinski definition) is 4. The molecule has 0 saturated heterocycles. The van der Waals surface area contributed by atoms with Crippen molar-refractivity contribution in [2.45, 2.75) is 38.3 Å². The molecule has 1 fully saturated rings. The minimum absolute atomic E-state index is 0.211. The van der Waals surface area contributed by atoms with E-state index in [1.165, 1.54) is 0 Å². The molecule has 5 nitrogen and oxygen atoms in total. The van der Waals surface area contributed by atoms with Crippen molar-refractivity contribution in [3.05, 3.63) is 35.0 Å². The largest absolute Gasteiger partial charge is 0.393 e. The van der Waals surface area contributed by atoms with Crippen LogP contribution in [0.5, 0.6) is 0 Å². The second kappa shape index (κ2) is 6.21. The molecule has 3 atom stereocenters. The number of nitrogens with zero attached hydrogens (tertiary/aromatic N) is 2. The van der Waals surface area contributed by atoms with Crippen LogP contribution in [-0.4, -0.2) is 27.2 Å². The van der Waals surface area contributed by atoms with Crippen LogP contribution < -0.4 is 5.32 Å². The Morgan fingerprint density at radius 2 is 2.24 bits per heavy atom. The van der Waals surface area contributed by atoms with E-state index in [0.717, 1.165) is 46.9 Å². The van der Waals surface area contributed by atoms with Crippen LogP contribution in [0.1, 0.15) is 31.7 Å². The molecular weight excluding hydrogens is 336 g/mol. The Morgan fingerprint density at radius 3 is 3.00 bits per heavy atom. The molecular formula is C19H19ClN4O. The van der Waals surface area contributed by atoms with Gasteiger partial charge in [-0.3, -0.25) is 0 Å². The average molecular weight is 355 g/mol. The third-order valence-corrected chi connectivity index (χ3v) is 5.41. The molecule has 0 amide bonds. The van der Waals surface area contributed by atoms with Crippen molar-refractivity contribution in [2.75, 3.05) is 5.32 Å². The Hall–Kier alpha value is -2.29. The molecule has 1 unspecified atom stereocenters. The third kappa shape index (κ3) is 2.82. The van der Waals surface area contributed by atoms with Gasteiger partial charge >= 0.3 is 0 Å². The molecule has 3 aromatic rings. The molecule has 6 heteroatoms. The van der Waals surface area contributed by atoms with Gasteiger partial charge in [0.1, 0.15) is 11.9 Å². The lowest BCUT2D eigenvalue weighted by Crippen LogP contribution is -2.35. The fraction of sp³-hybridized carbons (Fsp3) is 0.368. The molecule has 0 spiro atoms. The van der Waals surface area contributed by atoms with Gasteiger partial charge in [-0.2, -0.15) is 5.26 Å². The van der Waals surface area contributed by atoms with Crippen molar-refractivity contribution in [1.29, 1.82) is 5.26 Å². The Kier molecular flexibility index (Phi) is 4.03. The summed E-state index contributed by atoms with van der Waals surface area (Å²) in [4.78, 5) is 7.83. The highest BCUT2D eigenvalue weighted by Gasteiger charge is 2.27. The fourth-order valence-electron chi connectivity index (χ4n) is 3.83. The minimum Gasteiger partial charge on any atom is -0.393 e. The number of rotatable bonds is 2. The summed E-state index contributed by atoms with van der Waals surface area (Å²) in [6.45, 7) is 2.15. The average Bonchev–Trinajstić information content (AvgIpc) is 2.96. The van der Waals surface area contributed by atoms with E-state index in [-0.39, 0.29) is 12.1 Å². The molecule has 128 valence electrons. The highest BCUT2D eigenvalue weighted by molar-refractivity contribution is 6.31. The standard InChI is InChI=1S/C19H19ClN4O/c1-10-6-13(25)3-5-15(10)24-19-17-14-4-2-12(20)7-16(14)23-18(17)11(8-21)9-22-19/h2,4,7,9-10,13,15,23,25H,3,5-6H2,1H3,(H,22,24)/t10-,13-,15?/m1/s1.